The van der Waals surface area contributed by atoms with Gasteiger partial charge in [-0.3, -0.25) is 4.79 Å². The maximum absolute atomic E-state index is 13.9. The molecule has 0 saturated heterocycles. The molecule has 4 aromatic rings. The molecule has 0 atom stereocenters. The summed E-state index contributed by atoms with van der Waals surface area (Å²) in [6.07, 6.45) is 3.76. The molecule has 5 nitrogen and oxygen atoms in total. The third-order valence-corrected chi connectivity index (χ3v) is 9.44. The Balaban J connectivity index is 1.49. The van der Waals surface area contributed by atoms with E-state index in [1.807, 2.05) is 59.5 Å². The molecule has 0 aliphatic heterocycles. The highest BCUT2D eigenvalue weighted by Gasteiger charge is 2.26. The fourth-order valence-electron chi connectivity index (χ4n) is 5.54. The molecule has 45 heavy (non-hydrogen) atoms. The monoisotopic (exact) mass is 609 g/mol. The number of benzene rings is 4. The lowest BCUT2D eigenvalue weighted by Crippen LogP contribution is -2.31. The summed E-state index contributed by atoms with van der Waals surface area (Å²) in [5.41, 5.74) is 4.42. The summed E-state index contributed by atoms with van der Waals surface area (Å²) in [6, 6.07) is 26.6. The fourth-order valence-corrected chi connectivity index (χ4v) is 5.54. The second-order valence-corrected chi connectivity index (χ2v) is 13.2. The third-order valence-electron chi connectivity index (χ3n) is 9.44. The highest BCUT2D eigenvalue weighted by Crippen LogP contribution is 2.38. The smallest absolute Gasteiger partial charge is 0.254 e. The number of ether oxygens (including phenoxy) is 3. The van der Waals surface area contributed by atoms with Crippen molar-refractivity contribution in [2.75, 3.05) is 27.4 Å². The number of methoxy groups -OCH3 is 2. The minimum absolute atomic E-state index is 0.0116. The van der Waals surface area contributed by atoms with Gasteiger partial charge in [-0.25, -0.2) is 0 Å². The van der Waals surface area contributed by atoms with E-state index in [0.717, 1.165) is 47.8 Å². The van der Waals surface area contributed by atoms with Crippen LogP contribution in [-0.4, -0.2) is 38.2 Å². The molecular weight excluding hydrogens is 558 g/mol. The Morgan fingerprint density at radius 3 is 2.09 bits per heavy atom. The van der Waals surface area contributed by atoms with Gasteiger partial charge in [-0.05, 0) is 88.7 Å². The molecule has 0 spiro atoms. The third kappa shape index (κ3) is 8.19. The largest absolute Gasteiger partial charge is 0.493 e. The minimum atomic E-state index is 0.0116. The van der Waals surface area contributed by atoms with E-state index in [4.69, 9.17) is 14.2 Å². The number of hydrogen-bond donors (Lipinski definition) is 0. The first-order valence-corrected chi connectivity index (χ1v) is 16.3. The van der Waals surface area contributed by atoms with Crippen molar-refractivity contribution in [3.8, 4) is 17.2 Å². The molecule has 0 fully saturated rings. The number of rotatable bonds is 15. The van der Waals surface area contributed by atoms with Crippen LogP contribution in [0.2, 0.25) is 0 Å². The molecule has 4 rings (SSSR count). The molecule has 0 heterocycles. The number of hydrogen-bond acceptors (Lipinski definition) is 4. The summed E-state index contributed by atoms with van der Waals surface area (Å²) in [5.74, 6) is 2.30. The molecule has 240 valence electrons. The van der Waals surface area contributed by atoms with Crippen LogP contribution in [-0.2, 0) is 17.4 Å². The van der Waals surface area contributed by atoms with E-state index in [1.54, 1.807) is 14.2 Å². The van der Waals surface area contributed by atoms with Gasteiger partial charge in [0.15, 0.2) is 11.5 Å². The molecule has 0 unspecified atom stereocenters. The topological polar surface area (TPSA) is 48.0 Å². The normalized spacial score (nSPS) is 11.8. The lowest BCUT2D eigenvalue weighted by atomic mass is 9.76. The number of amides is 1. The van der Waals surface area contributed by atoms with Crippen molar-refractivity contribution in [2.24, 2.45) is 0 Å². The summed E-state index contributed by atoms with van der Waals surface area (Å²) < 4.78 is 17.4. The zero-order valence-electron chi connectivity index (χ0n) is 28.5. The van der Waals surface area contributed by atoms with Crippen molar-refractivity contribution in [3.05, 3.63) is 101 Å². The van der Waals surface area contributed by atoms with Gasteiger partial charge in [0.25, 0.3) is 5.91 Å². The molecule has 0 bridgehead atoms. The highest BCUT2D eigenvalue weighted by molar-refractivity contribution is 5.98. The second-order valence-electron chi connectivity index (χ2n) is 13.2. The van der Waals surface area contributed by atoms with Crippen LogP contribution in [0.25, 0.3) is 10.8 Å². The van der Waals surface area contributed by atoms with Crippen LogP contribution in [0.5, 0.6) is 17.2 Å². The van der Waals surface area contributed by atoms with Crippen molar-refractivity contribution >= 4 is 16.7 Å². The van der Waals surface area contributed by atoms with Gasteiger partial charge in [-0.15, -0.1) is 0 Å². The fraction of sp³-hybridized carbons (Fsp3) is 0.425. The van der Waals surface area contributed by atoms with Gasteiger partial charge < -0.3 is 19.1 Å². The van der Waals surface area contributed by atoms with Crippen molar-refractivity contribution in [2.45, 2.75) is 84.6 Å². The molecule has 5 heteroatoms. The summed E-state index contributed by atoms with van der Waals surface area (Å²) >= 11 is 0. The zero-order chi connectivity index (χ0) is 32.6. The van der Waals surface area contributed by atoms with Gasteiger partial charge >= 0.3 is 0 Å². The molecule has 0 saturated carbocycles. The quantitative estimate of drug-likeness (QED) is 0.126. The molecule has 0 aliphatic carbocycles. The van der Waals surface area contributed by atoms with E-state index in [2.05, 4.69) is 65.8 Å². The van der Waals surface area contributed by atoms with Gasteiger partial charge in [-0.2, -0.15) is 0 Å². The van der Waals surface area contributed by atoms with Crippen LogP contribution in [0, 0.1) is 0 Å². The summed E-state index contributed by atoms with van der Waals surface area (Å²) in [7, 11) is 3.26. The lowest BCUT2D eigenvalue weighted by molar-refractivity contribution is 0.0737. The molecule has 4 aromatic carbocycles. The summed E-state index contributed by atoms with van der Waals surface area (Å²) in [6.45, 7) is 15.4. The Kier molecular flexibility index (Phi) is 11.2. The molecule has 0 aromatic heterocycles. The highest BCUT2D eigenvalue weighted by atomic mass is 16.5. The van der Waals surface area contributed by atoms with E-state index in [1.165, 1.54) is 11.1 Å². The maximum Gasteiger partial charge on any atom is 0.254 e. The number of carbonyl (C=O) groups is 1. The second kappa shape index (κ2) is 14.9. The lowest BCUT2D eigenvalue weighted by Gasteiger charge is -2.30. The van der Waals surface area contributed by atoms with Gasteiger partial charge in [0, 0.05) is 24.2 Å². The van der Waals surface area contributed by atoms with E-state index >= 15 is 0 Å². The van der Waals surface area contributed by atoms with Crippen molar-refractivity contribution < 1.29 is 19.0 Å². The van der Waals surface area contributed by atoms with Crippen LogP contribution in [0.4, 0.5) is 0 Å². The van der Waals surface area contributed by atoms with Crippen LogP contribution >= 0.6 is 0 Å². The molecule has 0 aliphatic rings. The van der Waals surface area contributed by atoms with E-state index in [9.17, 15) is 4.79 Å². The standard InChI is InChI=1S/C40H51NO4/c1-9-39(3,4)33-20-22-35(34(27-33)40(5,6)10-2)45-24-14-13-23-41(28-29-17-21-36(43-7)37(25-29)44-8)38(42)32-19-18-30-15-11-12-16-31(30)26-32/h11-12,15-22,25-27H,9-10,13-14,23-24,28H2,1-8H3. The Morgan fingerprint density at radius 2 is 1.40 bits per heavy atom. The number of unbranched alkanes of at least 4 members (excludes halogenated alkanes) is 1. The van der Waals surface area contributed by atoms with Crippen molar-refractivity contribution in [1.82, 2.24) is 4.90 Å². The maximum atomic E-state index is 13.9. The SMILES string of the molecule is CCC(C)(C)c1ccc(OCCCCN(Cc2ccc(OC)c(OC)c2)C(=O)c2ccc3ccccc3c2)c(C(C)(C)CC)c1. The predicted molar refractivity (Wildman–Crippen MR) is 186 cm³/mol. The van der Waals surface area contributed by atoms with E-state index in [0.29, 0.717) is 36.8 Å². The summed E-state index contributed by atoms with van der Waals surface area (Å²) in [5, 5.41) is 2.18. The van der Waals surface area contributed by atoms with Gasteiger partial charge in [0.2, 0.25) is 0 Å². The molecule has 0 radical (unpaired) electrons. The van der Waals surface area contributed by atoms with Crippen LogP contribution in [0.1, 0.15) is 94.3 Å². The number of fused-ring (bicyclic) bond motifs is 1. The van der Waals surface area contributed by atoms with Crippen molar-refractivity contribution in [1.29, 1.82) is 0 Å². The Labute approximate surface area is 270 Å². The van der Waals surface area contributed by atoms with Crippen molar-refractivity contribution in [3.63, 3.8) is 0 Å². The van der Waals surface area contributed by atoms with Crippen LogP contribution in [0.3, 0.4) is 0 Å². The zero-order valence-corrected chi connectivity index (χ0v) is 28.5. The first kappa shape index (κ1) is 33.9. The number of carbonyl (C=O) groups excluding carboxylic acids is 1. The first-order valence-electron chi connectivity index (χ1n) is 16.3. The first-order chi connectivity index (χ1) is 21.5. The van der Waals surface area contributed by atoms with Gasteiger partial charge in [0.1, 0.15) is 5.75 Å². The molecule has 1 amide bonds. The number of nitrogens with zero attached hydrogens (tertiary/aromatic N) is 1. The summed E-state index contributed by atoms with van der Waals surface area (Å²) in [4.78, 5) is 15.8. The average Bonchev–Trinajstić information content (AvgIpc) is 3.06. The Morgan fingerprint density at radius 1 is 0.711 bits per heavy atom. The Hall–Kier alpha value is -3.99. The average molecular weight is 610 g/mol. The van der Waals surface area contributed by atoms with E-state index in [-0.39, 0.29) is 16.7 Å². The predicted octanol–water partition coefficient (Wildman–Crippen LogP) is 9.73. The van der Waals surface area contributed by atoms with E-state index < -0.39 is 0 Å². The van der Waals surface area contributed by atoms with Gasteiger partial charge in [0.05, 0.1) is 20.8 Å². The molecular formula is C40H51NO4. The van der Waals surface area contributed by atoms with Crippen LogP contribution < -0.4 is 14.2 Å². The molecule has 0 N–H and O–H groups in total. The Bertz CT molecular complexity index is 1590. The minimum Gasteiger partial charge on any atom is -0.493 e. The van der Waals surface area contributed by atoms with Gasteiger partial charge in [-0.1, -0.05) is 90.1 Å². The van der Waals surface area contributed by atoms with Crippen LogP contribution in [0.15, 0.2) is 78.9 Å².